The maximum atomic E-state index is 12.6. The number of carbonyl (C=O) groups excluding carboxylic acids is 3. The van der Waals surface area contributed by atoms with Crippen molar-refractivity contribution in [3.05, 3.63) is 28.2 Å². The van der Waals surface area contributed by atoms with E-state index in [9.17, 15) is 14.4 Å². The number of aryl methyl sites for hydroxylation is 1. The molecule has 0 spiro atoms. The Morgan fingerprint density at radius 1 is 1.29 bits per heavy atom. The van der Waals surface area contributed by atoms with Gasteiger partial charge in [0.05, 0.1) is 18.4 Å². The summed E-state index contributed by atoms with van der Waals surface area (Å²) in [5.74, 6) is -0.716. The first-order chi connectivity index (χ1) is 11.5. The molecule has 0 unspecified atom stereocenters. The van der Waals surface area contributed by atoms with Crippen LogP contribution in [0.25, 0.3) is 0 Å². The molecule has 0 N–H and O–H groups in total. The fraction of sp³-hybridized carbons (Fsp3) is 0.529. The molecular formula is C17H19N3O3S. The quantitative estimate of drug-likeness (QED) is 0.608. The SMILES string of the molecule is Cc1csc(CN(C)C(=O)CN2C(=O)[C@@H]3[C@H](C2=O)[C@H]2C=C[C@H]3C2)n1. The number of aromatic nitrogens is 1. The van der Waals surface area contributed by atoms with Crippen LogP contribution in [-0.4, -0.2) is 46.1 Å². The molecule has 2 aliphatic carbocycles. The molecule has 2 bridgehead atoms. The fourth-order valence-electron chi connectivity index (χ4n) is 4.14. The van der Waals surface area contributed by atoms with E-state index in [0.717, 1.165) is 17.1 Å². The van der Waals surface area contributed by atoms with Crippen molar-refractivity contribution in [1.29, 1.82) is 0 Å². The highest BCUT2D eigenvalue weighted by Crippen LogP contribution is 2.52. The van der Waals surface area contributed by atoms with Crippen LogP contribution in [0, 0.1) is 30.6 Å². The van der Waals surface area contributed by atoms with E-state index in [2.05, 4.69) is 17.1 Å². The van der Waals surface area contributed by atoms with Crippen LogP contribution in [0.5, 0.6) is 0 Å². The summed E-state index contributed by atoms with van der Waals surface area (Å²) in [7, 11) is 1.68. The van der Waals surface area contributed by atoms with Gasteiger partial charge in [0.2, 0.25) is 17.7 Å². The van der Waals surface area contributed by atoms with E-state index in [1.54, 1.807) is 7.05 Å². The number of thiazole rings is 1. The maximum absolute atomic E-state index is 12.6. The van der Waals surface area contributed by atoms with E-state index in [-0.39, 0.29) is 47.9 Å². The Labute approximate surface area is 144 Å². The van der Waals surface area contributed by atoms with Crippen LogP contribution in [0.3, 0.4) is 0 Å². The van der Waals surface area contributed by atoms with Crippen molar-refractivity contribution in [1.82, 2.24) is 14.8 Å². The number of fused-ring (bicyclic) bond motifs is 5. The minimum Gasteiger partial charge on any atom is -0.337 e. The molecule has 1 saturated carbocycles. The lowest BCUT2D eigenvalue weighted by Crippen LogP contribution is -2.42. The van der Waals surface area contributed by atoms with Crippen molar-refractivity contribution >= 4 is 29.1 Å². The molecule has 3 aliphatic rings. The molecule has 6 nitrogen and oxygen atoms in total. The van der Waals surface area contributed by atoms with E-state index in [0.29, 0.717) is 6.54 Å². The minimum atomic E-state index is -0.243. The van der Waals surface area contributed by atoms with Gasteiger partial charge in [0.1, 0.15) is 11.6 Å². The molecule has 1 aromatic rings. The molecule has 1 aromatic heterocycles. The van der Waals surface area contributed by atoms with E-state index in [1.807, 2.05) is 12.3 Å². The normalized spacial score (nSPS) is 30.3. The molecule has 126 valence electrons. The average molecular weight is 345 g/mol. The van der Waals surface area contributed by atoms with Gasteiger partial charge in [-0.2, -0.15) is 0 Å². The second-order valence-corrected chi connectivity index (χ2v) is 7.84. The van der Waals surface area contributed by atoms with Crippen LogP contribution in [0.1, 0.15) is 17.1 Å². The van der Waals surface area contributed by atoms with Gasteiger partial charge in [0.15, 0.2) is 0 Å². The van der Waals surface area contributed by atoms with Gasteiger partial charge in [-0.05, 0) is 25.2 Å². The molecular weight excluding hydrogens is 326 g/mol. The first-order valence-corrected chi connectivity index (χ1v) is 9.02. The number of amides is 3. The molecule has 1 aliphatic heterocycles. The highest BCUT2D eigenvalue weighted by Gasteiger charge is 2.59. The third-order valence-electron chi connectivity index (χ3n) is 5.32. The van der Waals surface area contributed by atoms with Gasteiger partial charge >= 0.3 is 0 Å². The van der Waals surface area contributed by atoms with Crippen LogP contribution in [-0.2, 0) is 20.9 Å². The van der Waals surface area contributed by atoms with Crippen molar-refractivity contribution in [3.8, 4) is 0 Å². The number of rotatable bonds is 4. The number of allylic oxidation sites excluding steroid dienone is 2. The number of hydrogen-bond acceptors (Lipinski definition) is 5. The lowest BCUT2D eigenvalue weighted by atomic mass is 9.85. The van der Waals surface area contributed by atoms with E-state index in [4.69, 9.17) is 0 Å². The van der Waals surface area contributed by atoms with Crippen LogP contribution in [0.4, 0.5) is 0 Å². The number of imide groups is 1. The zero-order valence-electron chi connectivity index (χ0n) is 13.6. The highest BCUT2D eigenvalue weighted by atomic mass is 32.1. The summed E-state index contributed by atoms with van der Waals surface area (Å²) in [6.07, 6.45) is 5.01. The Morgan fingerprint density at radius 3 is 2.46 bits per heavy atom. The summed E-state index contributed by atoms with van der Waals surface area (Å²) in [6.45, 7) is 2.14. The molecule has 4 rings (SSSR count). The Hall–Kier alpha value is -2.02. The van der Waals surface area contributed by atoms with Gasteiger partial charge in [-0.3, -0.25) is 19.3 Å². The van der Waals surface area contributed by atoms with Crippen molar-refractivity contribution in [2.45, 2.75) is 19.9 Å². The molecule has 2 heterocycles. The Morgan fingerprint density at radius 2 is 1.92 bits per heavy atom. The Balaban J connectivity index is 1.43. The standard InChI is InChI=1S/C17H19N3O3S/c1-9-8-24-12(18-9)6-19(2)13(21)7-20-16(22)14-10-3-4-11(5-10)15(14)17(20)23/h3-4,8,10-11,14-15H,5-7H2,1-2H3/t10-,11-,14-,15+/m0/s1. The molecule has 2 fully saturated rings. The zero-order valence-corrected chi connectivity index (χ0v) is 14.5. The summed E-state index contributed by atoms with van der Waals surface area (Å²) in [4.78, 5) is 44.7. The van der Waals surface area contributed by atoms with Gasteiger partial charge in [0, 0.05) is 18.1 Å². The molecule has 7 heteroatoms. The predicted molar refractivity (Wildman–Crippen MR) is 87.8 cm³/mol. The maximum Gasteiger partial charge on any atom is 0.242 e. The molecule has 1 saturated heterocycles. The number of hydrogen-bond donors (Lipinski definition) is 0. The Kier molecular flexibility index (Phi) is 3.56. The van der Waals surface area contributed by atoms with Crippen LogP contribution in [0.2, 0.25) is 0 Å². The van der Waals surface area contributed by atoms with Crippen molar-refractivity contribution < 1.29 is 14.4 Å². The van der Waals surface area contributed by atoms with Crippen LogP contribution in [0.15, 0.2) is 17.5 Å². The third kappa shape index (κ3) is 2.30. The first-order valence-electron chi connectivity index (χ1n) is 8.14. The van der Waals surface area contributed by atoms with Crippen LogP contribution < -0.4 is 0 Å². The molecule has 3 amide bonds. The first kappa shape index (κ1) is 15.5. The van der Waals surface area contributed by atoms with Gasteiger partial charge < -0.3 is 4.90 Å². The van der Waals surface area contributed by atoms with Crippen molar-refractivity contribution in [2.24, 2.45) is 23.7 Å². The minimum absolute atomic E-state index is 0.162. The van der Waals surface area contributed by atoms with Gasteiger partial charge in [0.25, 0.3) is 0 Å². The van der Waals surface area contributed by atoms with E-state index in [1.165, 1.54) is 21.1 Å². The second-order valence-electron chi connectivity index (χ2n) is 6.89. The monoisotopic (exact) mass is 345 g/mol. The van der Waals surface area contributed by atoms with Crippen molar-refractivity contribution in [2.75, 3.05) is 13.6 Å². The van der Waals surface area contributed by atoms with Gasteiger partial charge in [-0.1, -0.05) is 12.2 Å². The van der Waals surface area contributed by atoms with Gasteiger partial charge in [-0.15, -0.1) is 11.3 Å². The van der Waals surface area contributed by atoms with E-state index < -0.39 is 0 Å². The molecule has 0 aromatic carbocycles. The molecule has 4 atom stereocenters. The van der Waals surface area contributed by atoms with Crippen LogP contribution >= 0.6 is 11.3 Å². The molecule has 24 heavy (non-hydrogen) atoms. The summed E-state index contributed by atoms with van der Waals surface area (Å²) >= 11 is 1.50. The topological polar surface area (TPSA) is 70.6 Å². The Bertz CT molecular complexity index is 726. The number of carbonyl (C=O) groups is 3. The lowest BCUT2D eigenvalue weighted by molar-refractivity contribution is -0.146. The lowest BCUT2D eigenvalue weighted by Gasteiger charge is -2.21. The van der Waals surface area contributed by atoms with E-state index >= 15 is 0 Å². The number of likely N-dealkylation sites (tertiary alicyclic amines) is 1. The third-order valence-corrected chi connectivity index (χ3v) is 6.27. The summed E-state index contributed by atoms with van der Waals surface area (Å²) < 4.78 is 0. The summed E-state index contributed by atoms with van der Waals surface area (Å²) in [5.41, 5.74) is 0.927. The summed E-state index contributed by atoms with van der Waals surface area (Å²) in [6, 6.07) is 0. The van der Waals surface area contributed by atoms with Crippen molar-refractivity contribution in [3.63, 3.8) is 0 Å². The average Bonchev–Trinajstić information content (AvgIpc) is 3.29. The fourth-order valence-corrected chi connectivity index (χ4v) is 4.97. The smallest absolute Gasteiger partial charge is 0.242 e. The second kappa shape index (κ2) is 5.51. The summed E-state index contributed by atoms with van der Waals surface area (Å²) in [5, 5.41) is 2.78. The number of likely N-dealkylation sites (N-methyl/N-ethyl adjacent to an activating group) is 1. The predicted octanol–water partition coefficient (Wildman–Crippen LogP) is 1.22. The molecule has 0 radical (unpaired) electrons. The highest BCUT2D eigenvalue weighted by molar-refractivity contribution is 7.09. The number of nitrogens with zero attached hydrogens (tertiary/aromatic N) is 3. The largest absolute Gasteiger partial charge is 0.337 e. The zero-order chi connectivity index (χ0) is 17.0. The van der Waals surface area contributed by atoms with Gasteiger partial charge in [-0.25, -0.2) is 4.98 Å².